The minimum atomic E-state index is -0.518. The molecule has 2 aromatic rings. The fourth-order valence-electron chi connectivity index (χ4n) is 2.49. The van der Waals surface area contributed by atoms with Crippen LogP contribution in [-0.4, -0.2) is 29.4 Å². The van der Waals surface area contributed by atoms with Gasteiger partial charge in [-0.15, -0.1) is 0 Å². The monoisotopic (exact) mass is 313 g/mol. The van der Waals surface area contributed by atoms with Gasteiger partial charge in [0.2, 0.25) is 0 Å². The third-order valence-corrected chi connectivity index (χ3v) is 3.67. The molecule has 0 unspecified atom stereocenters. The smallest absolute Gasteiger partial charge is 0.340 e. The first-order valence-electron chi connectivity index (χ1n) is 6.69. The molecular formula is C15H17ClFNO3. The first-order valence-corrected chi connectivity index (χ1v) is 7.07. The van der Waals surface area contributed by atoms with Crippen molar-refractivity contribution in [3.8, 4) is 0 Å². The molecule has 0 fully saturated rings. The molecule has 4 nitrogen and oxygen atoms in total. The number of esters is 1. The number of benzene rings is 1. The molecule has 1 aromatic carbocycles. The maximum Gasteiger partial charge on any atom is 0.340 e. The Kier molecular flexibility index (Phi) is 5.20. The van der Waals surface area contributed by atoms with Crippen LogP contribution in [0.2, 0.25) is 5.02 Å². The molecule has 0 radical (unpaired) electrons. The molecule has 0 bridgehead atoms. The van der Waals surface area contributed by atoms with Gasteiger partial charge in [0.25, 0.3) is 0 Å². The number of hydrogen-bond donors (Lipinski definition) is 1. The second-order valence-electron chi connectivity index (χ2n) is 4.68. The predicted octanol–water partition coefficient (Wildman–Crippen LogP) is 3.32. The number of aliphatic hydroxyl groups is 1. The van der Waals surface area contributed by atoms with Crippen LogP contribution in [0, 0.1) is 0 Å². The third kappa shape index (κ3) is 3.04. The lowest BCUT2D eigenvalue weighted by atomic mass is 10.1. The summed E-state index contributed by atoms with van der Waals surface area (Å²) in [6, 6.07) is 5.18. The van der Waals surface area contributed by atoms with Crippen molar-refractivity contribution in [2.75, 3.05) is 13.8 Å². The fraction of sp³-hybridized carbons (Fsp3) is 0.400. The van der Waals surface area contributed by atoms with Gasteiger partial charge in [0.05, 0.1) is 31.6 Å². The Labute approximate surface area is 127 Å². The molecule has 114 valence electrons. The summed E-state index contributed by atoms with van der Waals surface area (Å²) in [5.41, 5.74) is 1.57. The Balaban J connectivity index is 2.62. The van der Waals surface area contributed by atoms with Gasteiger partial charge in [-0.25, -0.2) is 4.79 Å². The number of fused-ring (bicyclic) bond motifs is 1. The van der Waals surface area contributed by atoms with Crippen molar-refractivity contribution in [2.45, 2.75) is 26.0 Å². The van der Waals surface area contributed by atoms with Crippen LogP contribution in [0.15, 0.2) is 18.2 Å². The van der Waals surface area contributed by atoms with Crippen molar-refractivity contribution in [1.29, 1.82) is 0 Å². The van der Waals surface area contributed by atoms with E-state index in [9.17, 15) is 14.3 Å². The van der Waals surface area contributed by atoms with Gasteiger partial charge in [0.15, 0.2) is 0 Å². The SMILES string of the molecule is COC(=O)c1c(CO)n(CCCCF)c2ccc(Cl)cc12. The second kappa shape index (κ2) is 6.91. The zero-order chi connectivity index (χ0) is 15.4. The molecule has 2 rings (SSSR count). The average molecular weight is 314 g/mol. The van der Waals surface area contributed by atoms with Crippen LogP contribution in [0.4, 0.5) is 4.39 Å². The number of carbonyl (C=O) groups is 1. The predicted molar refractivity (Wildman–Crippen MR) is 79.4 cm³/mol. The zero-order valence-corrected chi connectivity index (χ0v) is 12.5. The van der Waals surface area contributed by atoms with Crippen molar-refractivity contribution in [2.24, 2.45) is 0 Å². The highest BCUT2D eigenvalue weighted by molar-refractivity contribution is 6.31. The van der Waals surface area contributed by atoms with Gasteiger partial charge in [0.1, 0.15) is 0 Å². The molecule has 6 heteroatoms. The number of aryl methyl sites for hydroxylation is 1. The fourth-order valence-corrected chi connectivity index (χ4v) is 2.67. The molecule has 0 aliphatic carbocycles. The van der Waals surface area contributed by atoms with Gasteiger partial charge in [-0.1, -0.05) is 11.6 Å². The quantitative estimate of drug-likeness (QED) is 0.657. The van der Waals surface area contributed by atoms with E-state index < -0.39 is 5.97 Å². The second-order valence-corrected chi connectivity index (χ2v) is 5.12. The summed E-state index contributed by atoms with van der Waals surface area (Å²) in [6.45, 7) is -0.162. The van der Waals surface area contributed by atoms with Gasteiger partial charge in [0, 0.05) is 22.5 Å². The average Bonchev–Trinajstić information content (AvgIpc) is 2.79. The first kappa shape index (κ1) is 15.8. The molecule has 0 aliphatic rings. The minimum absolute atomic E-state index is 0.299. The lowest BCUT2D eigenvalue weighted by Crippen LogP contribution is -2.09. The number of nitrogens with zero attached hydrogens (tertiary/aromatic N) is 1. The molecule has 21 heavy (non-hydrogen) atoms. The number of carbonyl (C=O) groups excluding carboxylic acids is 1. The largest absolute Gasteiger partial charge is 0.465 e. The van der Waals surface area contributed by atoms with Crippen molar-refractivity contribution >= 4 is 28.5 Å². The summed E-state index contributed by atoms with van der Waals surface area (Å²) >= 11 is 6.00. The van der Waals surface area contributed by atoms with E-state index in [0.29, 0.717) is 41.1 Å². The van der Waals surface area contributed by atoms with Crippen LogP contribution in [0.3, 0.4) is 0 Å². The number of alkyl halides is 1. The molecule has 0 saturated heterocycles. The summed E-state index contributed by atoms with van der Waals surface area (Å²) < 4.78 is 18.9. The van der Waals surface area contributed by atoms with Crippen LogP contribution in [-0.2, 0) is 17.9 Å². The highest BCUT2D eigenvalue weighted by Gasteiger charge is 2.22. The Morgan fingerprint density at radius 3 is 2.81 bits per heavy atom. The summed E-state index contributed by atoms with van der Waals surface area (Å²) in [5, 5.41) is 10.8. The number of unbranched alkanes of at least 4 members (excludes halogenated alkanes) is 1. The number of methoxy groups -OCH3 is 1. The highest BCUT2D eigenvalue weighted by atomic mass is 35.5. The molecular weight excluding hydrogens is 297 g/mol. The number of ether oxygens (including phenoxy) is 1. The van der Waals surface area contributed by atoms with E-state index in [-0.39, 0.29) is 13.3 Å². The summed E-state index contributed by atoms with van der Waals surface area (Å²) in [6.07, 6.45) is 1.06. The van der Waals surface area contributed by atoms with E-state index in [1.54, 1.807) is 18.2 Å². The van der Waals surface area contributed by atoms with E-state index >= 15 is 0 Å². The van der Waals surface area contributed by atoms with Crippen LogP contribution in [0.5, 0.6) is 0 Å². The number of aliphatic hydroxyl groups excluding tert-OH is 1. The molecule has 0 saturated carbocycles. The summed E-state index contributed by atoms with van der Waals surface area (Å²) in [4.78, 5) is 12.0. The van der Waals surface area contributed by atoms with E-state index in [4.69, 9.17) is 16.3 Å². The van der Waals surface area contributed by atoms with Crippen molar-refractivity contribution in [3.05, 3.63) is 34.5 Å². The van der Waals surface area contributed by atoms with Gasteiger partial charge in [-0.2, -0.15) is 0 Å². The third-order valence-electron chi connectivity index (χ3n) is 3.44. The molecule has 0 aliphatic heterocycles. The van der Waals surface area contributed by atoms with Gasteiger partial charge in [-0.3, -0.25) is 4.39 Å². The number of halogens is 2. The standard InChI is InChI=1S/C15H17ClFNO3/c1-21-15(20)14-11-8-10(16)4-5-12(11)18(13(14)9-19)7-3-2-6-17/h4-5,8,19H,2-3,6-7,9H2,1H3. The van der Waals surface area contributed by atoms with Crippen LogP contribution in [0.25, 0.3) is 10.9 Å². The van der Waals surface area contributed by atoms with Crippen molar-refractivity contribution < 1.29 is 19.0 Å². The molecule has 1 heterocycles. The van der Waals surface area contributed by atoms with Crippen LogP contribution in [0.1, 0.15) is 28.9 Å². The van der Waals surface area contributed by atoms with E-state index in [1.165, 1.54) is 7.11 Å². The van der Waals surface area contributed by atoms with Gasteiger partial charge < -0.3 is 14.4 Å². The molecule has 0 spiro atoms. The van der Waals surface area contributed by atoms with Crippen molar-refractivity contribution in [1.82, 2.24) is 4.57 Å². The Morgan fingerprint density at radius 2 is 2.19 bits per heavy atom. The lowest BCUT2D eigenvalue weighted by molar-refractivity contribution is 0.0598. The maximum atomic E-state index is 12.3. The van der Waals surface area contributed by atoms with E-state index in [2.05, 4.69) is 0 Å². The Bertz CT molecular complexity index is 654. The number of hydrogen-bond acceptors (Lipinski definition) is 3. The van der Waals surface area contributed by atoms with Crippen LogP contribution >= 0.6 is 11.6 Å². The number of aromatic nitrogens is 1. The zero-order valence-electron chi connectivity index (χ0n) is 11.7. The summed E-state index contributed by atoms with van der Waals surface area (Å²) in [5.74, 6) is -0.518. The summed E-state index contributed by atoms with van der Waals surface area (Å²) in [7, 11) is 1.29. The van der Waals surface area contributed by atoms with E-state index in [0.717, 1.165) is 5.52 Å². The minimum Gasteiger partial charge on any atom is -0.465 e. The van der Waals surface area contributed by atoms with Crippen LogP contribution < -0.4 is 0 Å². The van der Waals surface area contributed by atoms with Gasteiger partial charge in [-0.05, 0) is 31.0 Å². The Hall–Kier alpha value is -1.59. The topological polar surface area (TPSA) is 51.5 Å². The maximum absolute atomic E-state index is 12.3. The Morgan fingerprint density at radius 1 is 1.43 bits per heavy atom. The molecule has 1 N–H and O–H groups in total. The van der Waals surface area contributed by atoms with E-state index in [1.807, 2.05) is 4.57 Å². The van der Waals surface area contributed by atoms with Gasteiger partial charge >= 0.3 is 5.97 Å². The van der Waals surface area contributed by atoms with Crippen molar-refractivity contribution in [3.63, 3.8) is 0 Å². The normalized spacial score (nSPS) is 11.0. The molecule has 0 amide bonds. The first-order chi connectivity index (χ1) is 10.1. The number of rotatable bonds is 6. The lowest BCUT2D eigenvalue weighted by Gasteiger charge is -2.09. The molecule has 0 atom stereocenters. The molecule has 1 aromatic heterocycles. The highest BCUT2D eigenvalue weighted by Crippen LogP contribution is 2.30.